The molecule has 0 saturated carbocycles. The summed E-state index contributed by atoms with van der Waals surface area (Å²) in [5, 5.41) is 19.8. The first-order valence-electron chi connectivity index (χ1n) is 4.97. The van der Waals surface area contributed by atoms with Gasteiger partial charge in [-0.3, -0.25) is 4.79 Å². The molecule has 6 heteroatoms. The Hall–Kier alpha value is -0.330. The number of halogens is 3. The first-order chi connectivity index (χ1) is 8.20. The number of Topliss-reactive ketones (excluding diaryl/α,β-unsaturated/α-hetero) is 1. The molecule has 1 rings (SSSR count). The van der Waals surface area contributed by atoms with Gasteiger partial charge in [-0.25, -0.2) is 0 Å². The van der Waals surface area contributed by atoms with E-state index in [0.717, 1.165) is 5.56 Å². The molecule has 0 aliphatic rings. The van der Waals surface area contributed by atoms with Crippen LogP contribution < -0.4 is 0 Å². The molecular weight excluding hydrogens is 432 g/mol. The molecule has 0 fully saturated rings. The minimum atomic E-state index is -0.320. The third-order valence-corrected chi connectivity index (χ3v) is 5.77. The number of ketones is 1. The molecule has 0 aliphatic heterocycles. The zero-order valence-electron chi connectivity index (χ0n) is 9.94. The number of aliphatic hydroxyl groups is 1. The van der Waals surface area contributed by atoms with Crippen LogP contribution in [0.5, 0.6) is 5.75 Å². The van der Waals surface area contributed by atoms with Gasteiger partial charge >= 0.3 is 0 Å². The van der Waals surface area contributed by atoms with Crippen LogP contribution in [0.2, 0.25) is 0 Å². The molecule has 1 aromatic carbocycles. The number of phenols is 1. The number of allylic oxidation sites excluding steroid dienone is 2. The highest BCUT2D eigenvalue weighted by Gasteiger charge is 2.24. The van der Waals surface area contributed by atoms with Crippen LogP contribution in [0.3, 0.4) is 0 Å². The largest absolute Gasteiger partial charge is 0.512 e. The highest BCUT2D eigenvalue weighted by molar-refractivity contribution is 9.13. The van der Waals surface area contributed by atoms with E-state index in [-0.39, 0.29) is 28.4 Å². The number of aromatic hydroxyl groups is 1. The summed E-state index contributed by atoms with van der Waals surface area (Å²) in [6, 6.07) is 0. The fourth-order valence-corrected chi connectivity index (χ4v) is 3.34. The standard InChI is InChI=1S/C12H11Br3O3/c1-4-9(13)8(7(5(2)16)6(3)17)12(18)11(15)10(4)14/h16,18H,1-3H3. The Balaban J connectivity index is 3.82. The molecule has 0 heterocycles. The molecule has 0 bridgehead atoms. The Morgan fingerprint density at radius 3 is 1.94 bits per heavy atom. The third-order valence-electron chi connectivity index (χ3n) is 2.48. The predicted molar refractivity (Wildman–Crippen MR) is 81.8 cm³/mol. The van der Waals surface area contributed by atoms with E-state index in [1.807, 2.05) is 6.92 Å². The Bertz CT molecular complexity index is 529. The number of aliphatic hydroxyl groups excluding tert-OH is 1. The van der Waals surface area contributed by atoms with Crippen LogP contribution in [0.25, 0.3) is 5.57 Å². The summed E-state index contributed by atoms with van der Waals surface area (Å²) in [5.41, 5.74) is 1.19. The van der Waals surface area contributed by atoms with E-state index >= 15 is 0 Å². The number of rotatable bonds is 2. The van der Waals surface area contributed by atoms with E-state index in [1.165, 1.54) is 13.8 Å². The monoisotopic (exact) mass is 440 g/mol. The fourth-order valence-electron chi connectivity index (χ4n) is 1.61. The molecule has 0 spiro atoms. The average molecular weight is 443 g/mol. The number of carbonyl (C=O) groups excluding carboxylic acids is 1. The molecule has 1 aromatic rings. The van der Waals surface area contributed by atoms with Crippen LogP contribution in [-0.2, 0) is 4.79 Å². The normalized spacial score (nSPS) is 12.3. The number of phenolic OH excluding ortho intramolecular Hbond substituents is 1. The van der Waals surface area contributed by atoms with Crippen molar-refractivity contribution in [3.8, 4) is 5.75 Å². The maximum Gasteiger partial charge on any atom is 0.163 e. The lowest BCUT2D eigenvalue weighted by Gasteiger charge is -2.15. The zero-order valence-corrected chi connectivity index (χ0v) is 14.7. The lowest BCUT2D eigenvalue weighted by Crippen LogP contribution is -2.03. The molecule has 98 valence electrons. The van der Waals surface area contributed by atoms with Crippen LogP contribution in [-0.4, -0.2) is 16.0 Å². The summed E-state index contributed by atoms with van der Waals surface area (Å²) < 4.78 is 1.70. The van der Waals surface area contributed by atoms with Crippen LogP contribution in [0.4, 0.5) is 0 Å². The number of carbonyl (C=O) groups is 1. The van der Waals surface area contributed by atoms with Crippen molar-refractivity contribution in [3.63, 3.8) is 0 Å². The summed E-state index contributed by atoms with van der Waals surface area (Å²) in [7, 11) is 0. The lowest BCUT2D eigenvalue weighted by molar-refractivity contribution is -0.111. The third kappa shape index (κ3) is 2.65. The second-order valence-corrected chi connectivity index (χ2v) is 6.19. The quantitative estimate of drug-likeness (QED) is 0.390. The van der Waals surface area contributed by atoms with Crippen molar-refractivity contribution in [2.75, 3.05) is 0 Å². The van der Waals surface area contributed by atoms with Gasteiger partial charge in [-0.2, -0.15) is 0 Å². The molecule has 0 amide bonds. The van der Waals surface area contributed by atoms with Gasteiger partial charge in [-0.1, -0.05) is 0 Å². The van der Waals surface area contributed by atoms with Crippen molar-refractivity contribution in [1.82, 2.24) is 0 Å². The highest BCUT2D eigenvalue weighted by Crippen LogP contribution is 2.45. The number of benzene rings is 1. The molecule has 0 unspecified atom stereocenters. The van der Waals surface area contributed by atoms with Gasteiger partial charge in [0.15, 0.2) is 5.78 Å². The predicted octanol–water partition coefficient (Wildman–Crippen LogP) is 4.87. The number of hydrogen-bond donors (Lipinski definition) is 2. The van der Waals surface area contributed by atoms with Crippen molar-refractivity contribution in [1.29, 1.82) is 0 Å². The molecule has 3 nitrogen and oxygen atoms in total. The van der Waals surface area contributed by atoms with Crippen molar-refractivity contribution in [3.05, 3.63) is 30.3 Å². The Morgan fingerprint density at radius 2 is 1.56 bits per heavy atom. The molecule has 0 aliphatic carbocycles. The maximum absolute atomic E-state index is 11.6. The molecule has 0 atom stereocenters. The smallest absolute Gasteiger partial charge is 0.163 e. The Morgan fingerprint density at radius 1 is 1.06 bits per heavy atom. The Kier molecular flexibility index (Phi) is 5.03. The van der Waals surface area contributed by atoms with Crippen LogP contribution >= 0.6 is 47.8 Å². The first-order valence-corrected chi connectivity index (χ1v) is 7.35. The molecule has 0 aromatic heterocycles. The van der Waals surface area contributed by atoms with Gasteiger partial charge in [0, 0.05) is 14.5 Å². The SMILES string of the molecule is CC(=O)C(=C(C)O)c1c(O)c(Br)c(Br)c(C)c1Br. The van der Waals surface area contributed by atoms with Gasteiger partial charge in [0.2, 0.25) is 0 Å². The van der Waals surface area contributed by atoms with E-state index in [0.29, 0.717) is 13.4 Å². The first kappa shape index (κ1) is 15.7. The van der Waals surface area contributed by atoms with E-state index in [4.69, 9.17) is 0 Å². The molecule has 2 N–H and O–H groups in total. The minimum Gasteiger partial charge on any atom is -0.512 e. The summed E-state index contributed by atoms with van der Waals surface area (Å²) >= 11 is 9.93. The summed E-state index contributed by atoms with van der Waals surface area (Å²) in [6.07, 6.45) is 0. The van der Waals surface area contributed by atoms with Gasteiger partial charge in [-0.05, 0) is 74.1 Å². The van der Waals surface area contributed by atoms with E-state index < -0.39 is 0 Å². The zero-order chi connectivity index (χ0) is 14.2. The summed E-state index contributed by atoms with van der Waals surface area (Å²) in [4.78, 5) is 11.6. The number of hydrogen-bond acceptors (Lipinski definition) is 3. The highest BCUT2D eigenvalue weighted by atomic mass is 79.9. The van der Waals surface area contributed by atoms with Crippen molar-refractivity contribution in [2.45, 2.75) is 20.8 Å². The van der Waals surface area contributed by atoms with Crippen molar-refractivity contribution < 1.29 is 15.0 Å². The van der Waals surface area contributed by atoms with Crippen LogP contribution in [0.15, 0.2) is 19.2 Å². The van der Waals surface area contributed by atoms with E-state index in [1.54, 1.807) is 0 Å². The van der Waals surface area contributed by atoms with Gasteiger partial charge in [0.25, 0.3) is 0 Å². The lowest BCUT2D eigenvalue weighted by atomic mass is 9.98. The maximum atomic E-state index is 11.6. The van der Waals surface area contributed by atoms with Gasteiger partial charge in [-0.15, -0.1) is 0 Å². The summed E-state index contributed by atoms with van der Waals surface area (Å²) in [5.74, 6) is -0.551. The second kappa shape index (κ2) is 5.75. The van der Waals surface area contributed by atoms with Crippen LogP contribution in [0, 0.1) is 6.92 Å². The van der Waals surface area contributed by atoms with Crippen molar-refractivity contribution in [2.24, 2.45) is 0 Å². The van der Waals surface area contributed by atoms with Gasteiger partial charge in [0.1, 0.15) is 11.5 Å². The van der Waals surface area contributed by atoms with E-state index in [2.05, 4.69) is 47.8 Å². The molecular formula is C12H11Br3O3. The van der Waals surface area contributed by atoms with Crippen LogP contribution in [0.1, 0.15) is 25.0 Å². The molecule has 0 radical (unpaired) electrons. The molecule has 18 heavy (non-hydrogen) atoms. The Labute approximate surface area is 130 Å². The summed E-state index contributed by atoms with van der Waals surface area (Å²) in [6.45, 7) is 4.58. The van der Waals surface area contributed by atoms with Gasteiger partial charge < -0.3 is 10.2 Å². The topological polar surface area (TPSA) is 57.5 Å². The minimum absolute atomic E-state index is 0.0932. The van der Waals surface area contributed by atoms with E-state index in [9.17, 15) is 15.0 Å². The molecule has 0 saturated heterocycles. The fraction of sp³-hybridized carbons (Fsp3) is 0.250. The second-order valence-electron chi connectivity index (χ2n) is 3.81. The van der Waals surface area contributed by atoms with Gasteiger partial charge in [0.05, 0.1) is 10.0 Å². The average Bonchev–Trinajstić information content (AvgIpc) is 2.28. The van der Waals surface area contributed by atoms with Crippen molar-refractivity contribution >= 4 is 59.1 Å².